The maximum Gasteiger partial charge on any atom is 0.315 e. The van der Waals surface area contributed by atoms with E-state index in [0.717, 1.165) is 11.1 Å². The minimum absolute atomic E-state index is 0.0596. The number of fused-ring (bicyclic) bond motifs is 1. The molecule has 7 heteroatoms. The van der Waals surface area contributed by atoms with Crippen LogP contribution in [0.25, 0.3) is 10.8 Å². The SMILES string of the molecule is O=C(Cc1ccccc1)Oc1cc(Oc2ccc(Cl)cc2)c(OC(=O)Cc2ccccc2)c2ccc(Cl)cc12. The number of benzene rings is 5. The van der Waals surface area contributed by atoms with Crippen molar-refractivity contribution in [2.45, 2.75) is 12.8 Å². The average Bonchev–Trinajstić information content (AvgIpc) is 2.93. The van der Waals surface area contributed by atoms with E-state index in [1.165, 1.54) is 6.07 Å². The number of halogens is 2. The molecule has 0 saturated heterocycles. The Labute approximate surface area is 235 Å². The molecule has 194 valence electrons. The fraction of sp³-hybridized carbons (Fsp3) is 0.0625. The highest BCUT2D eigenvalue weighted by molar-refractivity contribution is 6.31. The number of rotatable bonds is 8. The first kappa shape index (κ1) is 26.3. The third-order valence-electron chi connectivity index (χ3n) is 5.84. The van der Waals surface area contributed by atoms with Crippen molar-refractivity contribution in [1.29, 1.82) is 0 Å². The second-order valence-electron chi connectivity index (χ2n) is 8.72. The van der Waals surface area contributed by atoms with Crippen molar-refractivity contribution in [3.05, 3.63) is 130 Å². The number of hydrogen-bond donors (Lipinski definition) is 0. The lowest BCUT2D eigenvalue weighted by atomic mass is 10.1. The molecule has 0 unspecified atom stereocenters. The Bertz CT molecular complexity index is 1620. The van der Waals surface area contributed by atoms with Crippen LogP contribution in [0.5, 0.6) is 23.0 Å². The minimum atomic E-state index is -0.479. The van der Waals surface area contributed by atoms with E-state index in [-0.39, 0.29) is 30.1 Å². The lowest BCUT2D eigenvalue weighted by Gasteiger charge is -2.17. The van der Waals surface area contributed by atoms with Crippen LogP contribution in [0.4, 0.5) is 0 Å². The standard InChI is InChI=1S/C32H22Cl2O5/c33-23-11-14-25(15-12-23)37-29-20-28(38-30(35)17-21-7-3-1-4-8-21)27-19-24(34)13-16-26(27)32(29)39-31(36)18-22-9-5-2-6-10-22/h1-16,19-20H,17-18H2. The van der Waals surface area contributed by atoms with Gasteiger partial charge in [0.2, 0.25) is 0 Å². The summed E-state index contributed by atoms with van der Waals surface area (Å²) in [5.74, 6) is 0.104. The molecular weight excluding hydrogens is 535 g/mol. The molecule has 0 aliphatic carbocycles. The third-order valence-corrected chi connectivity index (χ3v) is 6.33. The van der Waals surface area contributed by atoms with Gasteiger partial charge in [0.25, 0.3) is 0 Å². The van der Waals surface area contributed by atoms with Gasteiger partial charge in [0.05, 0.1) is 12.8 Å². The van der Waals surface area contributed by atoms with Crippen LogP contribution in [0, 0.1) is 0 Å². The van der Waals surface area contributed by atoms with Gasteiger partial charge in [-0.1, -0.05) is 83.9 Å². The summed E-state index contributed by atoms with van der Waals surface area (Å²) in [6.07, 6.45) is 0.133. The molecule has 0 atom stereocenters. The Balaban J connectivity index is 1.55. The van der Waals surface area contributed by atoms with Crippen LogP contribution in [0.15, 0.2) is 109 Å². The van der Waals surface area contributed by atoms with E-state index in [1.54, 1.807) is 42.5 Å². The zero-order chi connectivity index (χ0) is 27.2. The van der Waals surface area contributed by atoms with Crippen molar-refractivity contribution >= 4 is 45.9 Å². The highest BCUT2D eigenvalue weighted by atomic mass is 35.5. The fourth-order valence-corrected chi connectivity index (χ4v) is 4.34. The second-order valence-corrected chi connectivity index (χ2v) is 9.59. The molecule has 0 bridgehead atoms. The molecule has 5 aromatic rings. The smallest absolute Gasteiger partial charge is 0.315 e. The molecule has 0 aliphatic heterocycles. The van der Waals surface area contributed by atoms with E-state index in [9.17, 15) is 9.59 Å². The molecule has 0 radical (unpaired) electrons. The summed E-state index contributed by atoms with van der Waals surface area (Å²) in [4.78, 5) is 25.9. The molecule has 0 amide bonds. The second kappa shape index (κ2) is 12.0. The number of ether oxygens (including phenoxy) is 3. The molecule has 0 fully saturated rings. The highest BCUT2D eigenvalue weighted by Crippen LogP contribution is 2.44. The van der Waals surface area contributed by atoms with E-state index in [1.807, 2.05) is 60.7 Å². The number of hydrogen-bond acceptors (Lipinski definition) is 5. The summed E-state index contributed by atoms with van der Waals surface area (Å²) in [5.41, 5.74) is 1.62. The van der Waals surface area contributed by atoms with E-state index < -0.39 is 11.9 Å². The molecule has 5 aromatic carbocycles. The molecule has 0 spiro atoms. The quantitative estimate of drug-likeness (QED) is 0.142. The molecule has 0 saturated carbocycles. The van der Waals surface area contributed by atoms with Crippen molar-refractivity contribution in [1.82, 2.24) is 0 Å². The number of carbonyl (C=O) groups is 2. The van der Waals surface area contributed by atoms with Gasteiger partial charge < -0.3 is 14.2 Å². The van der Waals surface area contributed by atoms with Crippen LogP contribution in [0.3, 0.4) is 0 Å². The van der Waals surface area contributed by atoms with E-state index in [2.05, 4.69) is 0 Å². The maximum absolute atomic E-state index is 13.0. The van der Waals surface area contributed by atoms with E-state index in [0.29, 0.717) is 26.6 Å². The predicted octanol–water partition coefficient (Wildman–Crippen LogP) is 8.24. The molecule has 5 rings (SSSR count). The Morgan fingerprint density at radius 1 is 0.564 bits per heavy atom. The normalized spacial score (nSPS) is 10.7. The average molecular weight is 557 g/mol. The topological polar surface area (TPSA) is 61.8 Å². The van der Waals surface area contributed by atoms with Gasteiger partial charge in [0, 0.05) is 26.9 Å². The first-order valence-electron chi connectivity index (χ1n) is 12.1. The Kier molecular flexibility index (Phi) is 8.11. The van der Waals surface area contributed by atoms with Gasteiger partial charge in [0.1, 0.15) is 11.5 Å². The van der Waals surface area contributed by atoms with Crippen LogP contribution >= 0.6 is 23.2 Å². The zero-order valence-electron chi connectivity index (χ0n) is 20.6. The Morgan fingerprint density at radius 2 is 1.13 bits per heavy atom. The largest absolute Gasteiger partial charge is 0.453 e. The monoisotopic (exact) mass is 556 g/mol. The van der Waals surface area contributed by atoms with Crippen LogP contribution in [-0.4, -0.2) is 11.9 Å². The first-order valence-corrected chi connectivity index (χ1v) is 12.9. The van der Waals surface area contributed by atoms with Gasteiger partial charge in [-0.2, -0.15) is 0 Å². The van der Waals surface area contributed by atoms with Crippen molar-refractivity contribution in [2.24, 2.45) is 0 Å². The fourth-order valence-electron chi connectivity index (χ4n) is 4.04. The van der Waals surface area contributed by atoms with Crippen LogP contribution < -0.4 is 14.2 Å². The number of carbonyl (C=O) groups excluding carboxylic acids is 2. The van der Waals surface area contributed by atoms with Gasteiger partial charge in [0.15, 0.2) is 11.5 Å². The molecule has 5 nitrogen and oxygen atoms in total. The van der Waals surface area contributed by atoms with Crippen LogP contribution in [0.2, 0.25) is 10.0 Å². The summed E-state index contributed by atoms with van der Waals surface area (Å²) in [6.45, 7) is 0. The maximum atomic E-state index is 13.0. The number of esters is 2. The molecule has 0 heterocycles. The van der Waals surface area contributed by atoms with Gasteiger partial charge in [-0.25, -0.2) is 0 Å². The molecule has 0 aliphatic rings. The molecule has 0 aromatic heterocycles. The van der Waals surface area contributed by atoms with Gasteiger partial charge in [-0.15, -0.1) is 0 Å². The van der Waals surface area contributed by atoms with Gasteiger partial charge >= 0.3 is 11.9 Å². The predicted molar refractivity (Wildman–Crippen MR) is 152 cm³/mol. The lowest BCUT2D eigenvalue weighted by Crippen LogP contribution is -2.13. The summed E-state index contributed by atoms with van der Waals surface area (Å²) in [6, 6.07) is 31.8. The summed E-state index contributed by atoms with van der Waals surface area (Å²) >= 11 is 12.4. The molecule has 0 N–H and O–H groups in total. The van der Waals surface area contributed by atoms with E-state index >= 15 is 0 Å². The molecule has 39 heavy (non-hydrogen) atoms. The van der Waals surface area contributed by atoms with Gasteiger partial charge in [-0.3, -0.25) is 9.59 Å². The highest BCUT2D eigenvalue weighted by Gasteiger charge is 2.21. The lowest BCUT2D eigenvalue weighted by molar-refractivity contribution is -0.134. The molecular formula is C32H22Cl2O5. The van der Waals surface area contributed by atoms with Crippen molar-refractivity contribution in [2.75, 3.05) is 0 Å². The van der Waals surface area contributed by atoms with E-state index in [4.69, 9.17) is 37.4 Å². The third kappa shape index (κ3) is 6.77. The van der Waals surface area contributed by atoms with Crippen molar-refractivity contribution in [3.8, 4) is 23.0 Å². The Morgan fingerprint density at radius 3 is 1.74 bits per heavy atom. The van der Waals surface area contributed by atoms with Crippen LogP contribution in [0.1, 0.15) is 11.1 Å². The van der Waals surface area contributed by atoms with Crippen LogP contribution in [-0.2, 0) is 22.4 Å². The zero-order valence-corrected chi connectivity index (χ0v) is 22.1. The van der Waals surface area contributed by atoms with Gasteiger partial charge in [-0.05, 0) is 53.6 Å². The summed E-state index contributed by atoms with van der Waals surface area (Å²) < 4.78 is 17.8. The summed E-state index contributed by atoms with van der Waals surface area (Å²) in [7, 11) is 0. The minimum Gasteiger partial charge on any atom is -0.453 e. The summed E-state index contributed by atoms with van der Waals surface area (Å²) in [5, 5.41) is 1.96. The first-order chi connectivity index (χ1) is 18.9. The Hall–Kier alpha value is -4.32. The van der Waals surface area contributed by atoms with Crippen molar-refractivity contribution in [3.63, 3.8) is 0 Å². The van der Waals surface area contributed by atoms with Crippen molar-refractivity contribution < 1.29 is 23.8 Å².